The van der Waals surface area contributed by atoms with Crippen molar-refractivity contribution >= 4 is 29.7 Å². The van der Waals surface area contributed by atoms with E-state index in [1.54, 1.807) is 0 Å². The summed E-state index contributed by atoms with van der Waals surface area (Å²) < 4.78 is 4.71. The Morgan fingerprint density at radius 2 is 2.31 bits per heavy atom. The van der Waals surface area contributed by atoms with Gasteiger partial charge in [-0.05, 0) is 0 Å². The first-order chi connectivity index (χ1) is 6.36. The zero-order valence-corrected chi connectivity index (χ0v) is 9.65. The number of hydrogen-bond donors (Lipinski definition) is 1. The molecule has 3 heteroatoms. The summed E-state index contributed by atoms with van der Waals surface area (Å²) in [5, 5.41) is 9.18. The van der Waals surface area contributed by atoms with Crippen molar-refractivity contribution in [1.29, 1.82) is 0 Å². The van der Waals surface area contributed by atoms with Crippen LogP contribution in [0, 0.1) is 3.57 Å². The molecule has 1 aliphatic rings. The summed E-state index contributed by atoms with van der Waals surface area (Å²) in [6.45, 7) is 2.36. The van der Waals surface area contributed by atoms with Crippen LogP contribution in [-0.2, 0) is 6.61 Å². The van der Waals surface area contributed by atoms with Crippen molar-refractivity contribution in [2.75, 3.05) is 4.43 Å². The predicted molar refractivity (Wildman–Crippen MR) is 63.8 cm³/mol. The van der Waals surface area contributed by atoms with Crippen LogP contribution in [-0.4, -0.2) is 13.8 Å². The molecule has 1 aromatic rings. The third-order valence-corrected chi connectivity index (χ3v) is 7.29. The fourth-order valence-electron chi connectivity index (χ4n) is 1.43. The molecule has 1 aliphatic heterocycles. The molecule has 0 spiro atoms. The Morgan fingerprint density at radius 1 is 1.46 bits per heavy atom. The molecule has 0 saturated heterocycles. The maximum atomic E-state index is 9.18. The van der Waals surface area contributed by atoms with Crippen molar-refractivity contribution in [1.82, 2.24) is 0 Å². The van der Waals surface area contributed by atoms with Gasteiger partial charge in [0, 0.05) is 0 Å². The summed E-state index contributed by atoms with van der Waals surface area (Å²) in [6, 6.07) is 6.02. The first-order valence-corrected chi connectivity index (χ1v) is 8.13. The quantitative estimate of drug-likeness (QED) is 0.658. The van der Waals surface area contributed by atoms with E-state index in [-0.39, 0.29) is 6.61 Å². The van der Waals surface area contributed by atoms with Gasteiger partial charge >= 0.3 is 85.1 Å². The molecular weight excluding hydrogens is 277 g/mol. The van der Waals surface area contributed by atoms with Gasteiger partial charge in [-0.1, -0.05) is 0 Å². The van der Waals surface area contributed by atoms with E-state index in [2.05, 4.69) is 16.1 Å². The Kier molecular flexibility index (Phi) is 2.64. The zero-order valence-electron chi connectivity index (χ0n) is 7.50. The van der Waals surface area contributed by atoms with Crippen LogP contribution in [0.25, 0.3) is 0 Å². The molecule has 0 atom stereocenters. The summed E-state index contributed by atoms with van der Waals surface area (Å²) in [5.74, 6) is 0. The number of aliphatic hydroxyl groups excluding tert-OH is 1. The average Bonchev–Trinajstić information content (AvgIpc) is 2.60. The fourth-order valence-corrected chi connectivity index (χ4v) is 5.77. The molecule has 0 amide bonds. The number of nitrogens with zero attached hydrogens (tertiary/aromatic N) is 1. The Morgan fingerprint density at radius 3 is 3.00 bits per heavy atom. The van der Waals surface area contributed by atoms with Gasteiger partial charge < -0.3 is 0 Å². The molecule has 0 radical (unpaired) electrons. The van der Waals surface area contributed by atoms with Crippen LogP contribution in [0.2, 0.25) is 0 Å². The van der Waals surface area contributed by atoms with Gasteiger partial charge in [0.05, 0.1) is 0 Å². The van der Waals surface area contributed by atoms with Gasteiger partial charge in [0.25, 0.3) is 0 Å². The number of aliphatic imine (C=N–C) groups is 1. The molecule has 1 aromatic carbocycles. The summed E-state index contributed by atoms with van der Waals surface area (Å²) in [4.78, 5) is 4.39. The van der Waals surface area contributed by atoms with Gasteiger partial charge in [-0.25, -0.2) is 0 Å². The van der Waals surface area contributed by atoms with Gasteiger partial charge in [-0.2, -0.15) is 0 Å². The van der Waals surface area contributed by atoms with E-state index in [9.17, 15) is 5.11 Å². The Bertz CT molecular complexity index is 349. The molecule has 13 heavy (non-hydrogen) atoms. The predicted octanol–water partition coefficient (Wildman–Crippen LogP) is 2.55. The normalized spacial score (nSPS) is 16.3. The Labute approximate surface area is 85.1 Å². The van der Waals surface area contributed by atoms with Crippen molar-refractivity contribution in [3.8, 4) is 0 Å². The summed E-state index contributed by atoms with van der Waals surface area (Å²) in [7, 11) is 0. The molecule has 0 fully saturated rings. The number of rotatable bonds is 2. The van der Waals surface area contributed by atoms with Crippen LogP contribution in [0.4, 0.5) is 5.69 Å². The maximum absolute atomic E-state index is 9.18. The number of benzene rings is 1. The zero-order chi connectivity index (χ0) is 9.26. The first-order valence-electron chi connectivity index (χ1n) is 4.28. The molecule has 2 rings (SSSR count). The van der Waals surface area contributed by atoms with E-state index in [0.29, 0.717) is 0 Å². The second-order valence-corrected chi connectivity index (χ2v) is 8.23. The van der Waals surface area contributed by atoms with Crippen molar-refractivity contribution in [3.05, 3.63) is 27.3 Å². The van der Waals surface area contributed by atoms with E-state index in [0.717, 1.165) is 11.3 Å². The van der Waals surface area contributed by atoms with Crippen molar-refractivity contribution in [2.24, 2.45) is 4.99 Å². The minimum absolute atomic E-state index is 0.153. The Balaban J connectivity index is 2.50. The monoisotopic (exact) mass is 289 g/mol. The molecular formula is C10H12INO. The number of alkyl halides is 1. The van der Waals surface area contributed by atoms with E-state index in [1.165, 1.54) is 8.00 Å². The van der Waals surface area contributed by atoms with Gasteiger partial charge in [-0.3, -0.25) is 0 Å². The van der Waals surface area contributed by atoms with Crippen molar-refractivity contribution in [2.45, 2.75) is 13.5 Å². The number of fused-ring (bicyclic) bond motifs is 1. The molecule has 0 aliphatic carbocycles. The van der Waals surface area contributed by atoms with Gasteiger partial charge in [0.2, 0.25) is 0 Å². The molecule has 0 unspecified atom stereocenters. The van der Waals surface area contributed by atoms with Crippen LogP contribution in [0.5, 0.6) is 0 Å². The summed E-state index contributed by atoms with van der Waals surface area (Å²) in [5.41, 5.74) is 2.18. The number of aliphatic hydroxyl groups is 1. The van der Waals surface area contributed by atoms with Crippen molar-refractivity contribution < 1.29 is 5.11 Å². The van der Waals surface area contributed by atoms with Gasteiger partial charge in [0.1, 0.15) is 0 Å². The molecule has 70 valence electrons. The Hall–Kier alpha value is -0.420. The van der Waals surface area contributed by atoms with E-state index in [4.69, 9.17) is 0 Å². The number of halogens is 1. The standard InChI is InChI=1S/C10H12INO/c1-2-11-7-12-9-5-3-4-8(6-13)10(9)11/h3-5,7,13H,2,6H2,1H3. The molecule has 1 heterocycles. The molecule has 0 saturated carbocycles. The van der Waals surface area contributed by atoms with Gasteiger partial charge in [0.15, 0.2) is 0 Å². The first kappa shape index (κ1) is 9.15. The van der Waals surface area contributed by atoms with Crippen molar-refractivity contribution in [3.63, 3.8) is 0 Å². The van der Waals surface area contributed by atoms with E-state index in [1.807, 2.05) is 18.2 Å². The van der Waals surface area contributed by atoms with E-state index < -0.39 is 19.8 Å². The fraction of sp³-hybridized carbons (Fsp3) is 0.300. The molecule has 2 nitrogen and oxygen atoms in total. The topological polar surface area (TPSA) is 32.6 Å². The van der Waals surface area contributed by atoms with Gasteiger partial charge in [-0.15, -0.1) is 0 Å². The summed E-state index contributed by atoms with van der Waals surface area (Å²) >= 11 is -1.14. The van der Waals surface area contributed by atoms with Crippen LogP contribution in [0.15, 0.2) is 23.2 Å². The second-order valence-electron chi connectivity index (χ2n) is 2.80. The van der Waals surface area contributed by atoms with Crippen LogP contribution in [0.3, 0.4) is 0 Å². The minimum atomic E-state index is -1.14. The van der Waals surface area contributed by atoms with Crippen LogP contribution >= 0.6 is 19.8 Å². The average molecular weight is 289 g/mol. The molecule has 0 bridgehead atoms. The second kappa shape index (κ2) is 3.75. The summed E-state index contributed by atoms with van der Waals surface area (Å²) in [6.07, 6.45) is 0. The third kappa shape index (κ3) is 1.50. The van der Waals surface area contributed by atoms with Crippen LogP contribution in [0.1, 0.15) is 12.5 Å². The number of hydrogen-bond acceptors (Lipinski definition) is 2. The molecule has 1 N–H and O–H groups in total. The molecule has 0 aromatic heterocycles. The van der Waals surface area contributed by atoms with E-state index >= 15 is 0 Å². The third-order valence-electron chi connectivity index (χ3n) is 2.07. The SMILES string of the molecule is CCI1C=Nc2cccc(CO)c21. The van der Waals surface area contributed by atoms with Crippen LogP contribution < -0.4 is 0 Å².